The Morgan fingerprint density at radius 2 is 1.54 bits per heavy atom. The van der Waals surface area contributed by atoms with Gasteiger partial charge in [0.2, 0.25) is 0 Å². The number of cyclic esters (lactones) is 1. The van der Waals surface area contributed by atoms with Crippen molar-refractivity contribution in [1.82, 2.24) is 0 Å². The predicted molar refractivity (Wildman–Crippen MR) is 120 cm³/mol. The zero-order valence-corrected chi connectivity index (χ0v) is 18.7. The summed E-state index contributed by atoms with van der Waals surface area (Å²) in [4.78, 5) is 11.3. The molecule has 1 aliphatic rings. The SMILES string of the molecule is CC(C)=CCC/C(C)=C/CO.O=C1CCCCCCCCC/C=C/CCCO1. The predicted octanol–water partition coefficient (Wildman–Crippen LogP) is 7.06. The molecule has 1 rings (SSSR count). The van der Waals surface area contributed by atoms with Gasteiger partial charge in [-0.15, -0.1) is 0 Å². The zero-order chi connectivity index (χ0) is 20.9. The van der Waals surface area contributed by atoms with Crippen molar-refractivity contribution in [2.45, 2.75) is 104 Å². The number of aliphatic hydroxyl groups excluding tert-OH is 1. The maximum Gasteiger partial charge on any atom is 0.305 e. The largest absolute Gasteiger partial charge is 0.466 e. The lowest BCUT2D eigenvalue weighted by atomic mass is 10.1. The second kappa shape index (κ2) is 20.4. The van der Waals surface area contributed by atoms with Crippen LogP contribution in [-0.2, 0) is 9.53 Å². The lowest BCUT2D eigenvalue weighted by molar-refractivity contribution is -0.143. The molecule has 0 fully saturated rings. The van der Waals surface area contributed by atoms with E-state index in [0.29, 0.717) is 13.0 Å². The Balaban J connectivity index is 0.000000576. The number of rotatable bonds is 4. The number of carbonyl (C=O) groups excluding carboxylic acids is 1. The number of hydrogen-bond acceptors (Lipinski definition) is 3. The summed E-state index contributed by atoms with van der Waals surface area (Å²) in [7, 11) is 0. The lowest BCUT2D eigenvalue weighted by Gasteiger charge is -2.05. The molecule has 0 atom stereocenters. The minimum Gasteiger partial charge on any atom is -0.466 e. The molecule has 0 aromatic rings. The Kier molecular flexibility index (Phi) is 19.4. The van der Waals surface area contributed by atoms with Gasteiger partial charge in [-0.2, -0.15) is 0 Å². The van der Waals surface area contributed by atoms with Crippen molar-refractivity contribution in [3.05, 3.63) is 35.5 Å². The van der Waals surface area contributed by atoms with Crippen molar-refractivity contribution in [3.63, 3.8) is 0 Å². The monoisotopic (exact) mass is 392 g/mol. The molecule has 1 aliphatic heterocycles. The number of carbonyl (C=O) groups is 1. The number of hydrogen-bond donors (Lipinski definition) is 1. The maximum atomic E-state index is 11.3. The summed E-state index contributed by atoms with van der Waals surface area (Å²) in [5.41, 5.74) is 2.63. The second-order valence-corrected chi connectivity index (χ2v) is 7.90. The van der Waals surface area contributed by atoms with Crippen LogP contribution in [0.1, 0.15) is 104 Å². The van der Waals surface area contributed by atoms with Crippen molar-refractivity contribution < 1.29 is 14.6 Å². The summed E-state index contributed by atoms with van der Waals surface area (Å²) in [5.74, 6) is -0.0129. The first-order valence-electron chi connectivity index (χ1n) is 11.3. The highest BCUT2D eigenvalue weighted by molar-refractivity contribution is 5.69. The van der Waals surface area contributed by atoms with Crippen LogP contribution in [0.25, 0.3) is 0 Å². The fourth-order valence-corrected chi connectivity index (χ4v) is 2.96. The van der Waals surface area contributed by atoms with Crippen LogP contribution in [-0.4, -0.2) is 24.3 Å². The van der Waals surface area contributed by atoms with Gasteiger partial charge in [0.15, 0.2) is 0 Å². The summed E-state index contributed by atoms with van der Waals surface area (Å²) in [6.45, 7) is 7.01. The summed E-state index contributed by atoms with van der Waals surface area (Å²) in [5, 5.41) is 8.55. The highest BCUT2D eigenvalue weighted by Crippen LogP contribution is 2.11. The molecule has 0 spiro atoms. The van der Waals surface area contributed by atoms with Gasteiger partial charge in [0.25, 0.3) is 0 Å². The van der Waals surface area contributed by atoms with E-state index in [1.54, 1.807) is 0 Å². The molecule has 162 valence electrons. The minimum atomic E-state index is -0.0129. The van der Waals surface area contributed by atoms with Gasteiger partial charge < -0.3 is 9.84 Å². The molecular formula is C25H44O3. The highest BCUT2D eigenvalue weighted by atomic mass is 16.5. The van der Waals surface area contributed by atoms with E-state index in [-0.39, 0.29) is 12.6 Å². The molecule has 0 unspecified atom stereocenters. The fraction of sp³-hybridized carbons (Fsp3) is 0.720. The summed E-state index contributed by atoms with van der Waals surface area (Å²) >= 11 is 0. The Hall–Kier alpha value is -1.35. The molecular weight excluding hydrogens is 348 g/mol. The van der Waals surface area contributed by atoms with Crippen LogP contribution >= 0.6 is 0 Å². The molecule has 1 N–H and O–H groups in total. The summed E-state index contributed by atoms with van der Waals surface area (Å²) < 4.78 is 5.17. The van der Waals surface area contributed by atoms with Crippen molar-refractivity contribution in [2.24, 2.45) is 0 Å². The van der Waals surface area contributed by atoms with Gasteiger partial charge in [-0.25, -0.2) is 0 Å². The van der Waals surface area contributed by atoms with Crippen LogP contribution in [0, 0.1) is 0 Å². The summed E-state index contributed by atoms with van der Waals surface area (Å²) in [6, 6.07) is 0. The lowest BCUT2D eigenvalue weighted by Crippen LogP contribution is -2.05. The molecule has 3 heteroatoms. The van der Waals surface area contributed by atoms with Gasteiger partial charge in [-0.3, -0.25) is 4.79 Å². The van der Waals surface area contributed by atoms with E-state index in [9.17, 15) is 4.79 Å². The molecule has 0 amide bonds. The van der Waals surface area contributed by atoms with E-state index in [0.717, 1.165) is 32.1 Å². The van der Waals surface area contributed by atoms with Crippen molar-refractivity contribution >= 4 is 5.97 Å². The second-order valence-electron chi connectivity index (χ2n) is 7.90. The van der Waals surface area contributed by atoms with Crippen LogP contribution in [0.3, 0.4) is 0 Å². The summed E-state index contributed by atoms with van der Waals surface area (Å²) in [6.07, 6.45) is 23.3. The van der Waals surface area contributed by atoms with E-state index in [2.05, 4.69) is 39.0 Å². The number of aliphatic hydroxyl groups is 1. The van der Waals surface area contributed by atoms with Crippen LogP contribution < -0.4 is 0 Å². The van der Waals surface area contributed by atoms with Crippen molar-refractivity contribution in [2.75, 3.05) is 13.2 Å². The standard InChI is InChI=1S/C15H26O2.C10H18O/c16-15-13-11-9-7-5-3-1-2-4-6-8-10-12-14-17-15;1-9(2)5-4-6-10(3)7-8-11/h6,8H,1-5,7,9-14H2;5,7,11H,4,6,8H2,1-3H3/b8-6+;10-7+. The van der Waals surface area contributed by atoms with Gasteiger partial charge in [-0.1, -0.05) is 67.6 Å². The van der Waals surface area contributed by atoms with Crippen LogP contribution in [0.4, 0.5) is 0 Å². The van der Waals surface area contributed by atoms with E-state index in [4.69, 9.17) is 9.84 Å². The van der Waals surface area contributed by atoms with Crippen molar-refractivity contribution in [1.29, 1.82) is 0 Å². The minimum absolute atomic E-state index is 0.0129. The normalized spacial score (nSPS) is 19.0. The third kappa shape index (κ3) is 21.0. The molecule has 0 radical (unpaired) electrons. The zero-order valence-electron chi connectivity index (χ0n) is 18.7. The average Bonchev–Trinajstić information content (AvgIpc) is 2.64. The molecule has 28 heavy (non-hydrogen) atoms. The Morgan fingerprint density at radius 1 is 0.929 bits per heavy atom. The Labute approximate surface area is 173 Å². The van der Waals surface area contributed by atoms with Gasteiger partial charge in [0.05, 0.1) is 13.2 Å². The average molecular weight is 393 g/mol. The van der Waals surface area contributed by atoms with Crippen LogP contribution in [0.2, 0.25) is 0 Å². The first-order chi connectivity index (χ1) is 13.6. The third-order valence-electron chi connectivity index (χ3n) is 4.73. The first-order valence-corrected chi connectivity index (χ1v) is 11.3. The molecule has 3 nitrogen and oxygen atoms in total. The highest BCUT2D eigenvalue weighted by Gasteiger charge is 2.02. The fourth-order valence-electron chi connectivity index (χ4n) is 2.96. The van der Waals surface area contributed by atoms with Crippen molar-refractivity contribution in [3.8, 4) is 0 Å². The number of ether oxygens (including phenoxy) is 1. The van der Waals surface area contributed by atoms with Gasteiger partial charge in [-0.05, 0) is 65.7 Å². The van der Waals surface area contributed by atoms with E-state index in [1.807, 2.05) is 6.08 Å². The first kappa shape index (κ1) is 26.6. The van der Waals surface area contributed by atoms with Gasteiger partial charge in [0.1, 0.15) is 0 Å². The van der Waals surface area contributed by atoms with Crippen LogP contribution in [0.15, 0.2) is 35.5 Å². The number of allylic oxidation sites excluding steroid dienone is 5. The Morgan fingerprint density at radius 3 is 2.18 bits per heavy atom. The molecule has 0 saturated carbocycles. The third-order valence-corrected chi connectivity index (χ3v) is 4.73. The van der Waals surface area contributed by atoms with E-state index < -0.39 is 0 Å². The van der Waals surface area contributed by atoms with E-state index in [1.165, 1.54) is 56.1 Å². The molecule has 0 aromatic heterocycles. The molecule has 0 aliphatic carbocycles. The molecule has 1 heterocycles. The quantitative estimate of drug-likeness (QED) is 0.411. The Bertz CT molecular complexity index is 456. The number of esters is 1. The van der Waals surface area contributed by atoms with E-state index >= 15 is 0 Å². The maximum absolute atomic E-state index is 11.3. The molecule has 0 saturated heterocycles. The van der Waals surface area contributed by atoms with Crippen LogP contribution in [0.5, 0.6) is 0 Å². The van der Waals surface area contributed by atoms with Gasteiger partial charge >= 0.3 is 5.97 Å². The van der Waals surface area contributed by atoms with Gasteiger partial charge in [0, 0.05) is 6.42 Å². The smallest absolute Gasteiger partial charge is 0.305 e. The topological polar surface area (TPSA) is 46.5 Å². The molecule has 0 aromatic carbocycles. The molecule has 0 bridgehead atoms.